The summed E-state index contributed by atoms with van der Waals surface area (Å²) in [4.78, 5) is 33.8. The minimum atomic E-state index is -0.454. The molecule has 2 aromatic rings. The maximum atomic E-state index is 11.5. The predicted octanol–water partition coefficient (Wildman–Crippen LogP) is -1.10. The van der Waals surface area contributed by atoms with E-state index in [0.717, 1.165) is 16.8 Å². The van der Waals surface area contributed by atoms with Crippen molar-refractivity contribution in [2.45, 2.75) is 6.54 Å². The highest BCUT2D eigenvalue weighted by atomic mass is 16.2. The Morgan fingerprint density at radius 2 is 2.18 bits per heavy atom. The molecule has 0 fully saturated rings. The van der Waals surface area contributed by atoms with Gasteiger partial charge in [-0.1, -0.05) is 0 Å². The second kappa shape index (κ2) is 4.47. The summed E-state index contributed by atoms with van der Waals surface area (Å²) < 4.78 is 0.925. The zero-order valence-electron chi connectivity index (χ0n) is 8.64. The second-order valence-electron chi connectivity index (χ2n) is 3.25. The number of aromatic amines is 2. The third kappa shape index (κ3) is 2.68. The molecule has 0 aliphatic heterocycles. The number of carbonyl (C=O) groups excluding carboxylic acids is 1. The largest absolute Gasteiger partial charge is 0.309 e. The Morgan fingerprint density at radius 3 is 2.88 bits per heavy atom. The summed E-state index contributed by atoms with van der Waals surface area (Å²) in [5.74, 6) is -0.0282. The van der Waals surface area contributed by atoms with E-state index < -0.39 is 17.0 Å². The predicted molar refractivity (Wildman–Crippen MR) is 58.5 cm³/mol. The quantitative estimate of drug-likeness (QED) is 0.626. The van der Waals surface area contributed by atoms with Gasteiger partial charge < -0.3 is 5.32 Å². The molecule has 88 valence electrons. The molecule has 2 rings (SSSR count). The number of carbonyl (C=O) groups is 1. The van der Waals surface area contributed by atoms with Crippen LogP contribution < -0.4 is 16.4 Å². The van der Waals surface area contributed by atoms with Crippen LogP contribution in [0.1, 0.15) is 0 Å². The van der Waals surface area contributed by atoms with Gasteiger partial charge >= 0.3 is 0 Å². The van der Waals surface area contributed by atoms with E-state index in [1.807, 2.05) is 0 Å². The summed E-state index contributed by atoms with van der Waals surface area (Å²) in [5.41, 5.74) is -0.900. The van der Waals surface area contributed by atoms with Crippen molar-refractivity contribution in [2.75, 3.05) is 5.32 Å². The number of nitrogens with one attached hydrogen (secondary N) is 3. The lowest BCUT2D eigenvalue weighted by Crippen LogP contribution is -2.32. The average Bonchev–Trinajstić information content (AvgIpc) is 2.76. The molecule has 0 radical (unpaired) electrons. The summed E-state index contributed by atoms with van der Waals surface area (Å²) in [6, 6.07) is 3.77. The fourth-order valence-electron chi connectivity index (χ4n) is 1.24. The van der Waals surface area contributed by atoms with Gasteiger partial charge in [0.05, 0.1) is 6.20 Å². The van der Waals surface area contributed by atoms with E-state index in [9.17, 15) is 14.4 Å². The molecule has 0 saturated heterocycles. The first kappa shape index (κ1) is 10.9. The van der Waals surface area contributed by atoms with Crippen molar-refractivity contribution < 1.29 is 4.79 Å². The molecule has 0 aliphatic carbocycles. The van der Waals surface area contributed by atoms with E-state index >= 15 is 0 Å². The Balaban J connectivity index is 2.11. The lowest BCUT2D eigenvalue weighted by atomic mass is 10.5. The third-order valence-electron chi connectivity index (χ3n) is 1.97. The number of anilines is 1. The molecule has 3 N–H and O–H groups in total. The van der Waals surface area contributed by atoms with Crippen LogP contribution in [0.3, 0.4) is 0 Å². The first-order chi connectivity index (χ1) is 8.15. The van der Waals surface area contributed by atoms with E-state index in [-0.39, 0.29) is 6.54 Å². The summed E-state index contributed by atoms with van der Waals surface area (Å²) in [6.07, 6.45) is 1.48. The summed E-state index contributed by atoms with van der Waals surface area (Å²) in [5, 5.41) is 10.9. The van der Waals surface area contributed by atoms with E-state index in [2.05, 4.69) is 20.6 Å². The molecule has 1 amide bonds. The van der Waals surface area contributed by atoms with Gasteiger partial charge in [0.1, 0.15) is 12.4 Å². The Labute approximate surface area is 94.3 Å². The van der Waals surface area contributed by atoms with Crippen molar-refractivity contribution >= 4 is 11.7 Å². The van der Waals surface area contributed by atoms with Gasteiger partial charge in [-0.05, 0) is 0 Å². The minimum absolute atomic E-state index is 0.270. The lowest BCUT2D eigenvalue weighted by Gasteiger charge is -2.04. The summed E-state index contributed by atoms with van der Waals surface area (Å²) >= 11 is 0. The van der Waals surface area contributed by atoms with Gasteiger partial charge in [0.25, 0.3) is 11.1 Å². The number of hydrogen-bond acceptors (Lipinski definition) is 4. The van der Waals surface area contributed by atoms with Crippen LogP contribution in [0.4, 0.5) is 5.82 Å². The SMILES string of the molecule is O=C(Cn1[nH]c(=O)ccc1=O)Nc1ccn[nH]1. The highest BCUT2D eigenvalue weighted by Gasteiger charge is 2.05. The van der Waals surface area contributed by atoms with Crippen LogP contribution in [0.15, 0.2) is 34.0 Å². The fraction of sp³-hybridized carbons (Fsp3) is 0.111. The number of nitrogens with zero attached hydrogens (tertiary/aromatic N) is 2. The number of hydrogen-bond donors (Lipinski definition) is 3. The van der Waals surface area contributed by atoms with Gasteiger partial charge in [0.2, 0.25) is 5.91 Å². The second-order valence-corrected chi connectivity index (χ2v) is 3.25. The number of amides is 1. The van der Waals surface area contributed by atoms with Crippen molar-refractivity contribution in [3.05, 3.63) is 45.1 Å². The van der Waals surface area contributed by atoms with E-state index in [0.29, 0.717) is 5.82 Å². The van der Waals surface area contributed by atoms with Crippen molar-refractivity contribution in [3.63, 3.8) is 0 Å². The first-order valence-electron chi connectivity index (χ1n) is 4.74. The normalized spacial score (nSPS) is 10.1. The molecule has 8 heteroatoms. The van der Waals surface area contributed by atoms with Crippen LogP contribution in [-0.4, -0.2) is 25.9 Å². The zero-order chi connectivity index (χ0) is 12.3. The van der Waals surface area contributed by atoms with Crippen LogP contribution in [0.2, 0.25) is 0 Å². The van der Waals surface area contributed by atoms with E-state index in [1.165, 1.54) is 6.20 Å². The average molecular weight is 235 g/mol. The topological polar surface area (TPSA) is 113 Å². The Morgan fingerprint density at radius 1 is 1.35 bits per heavy atom. The molecular weight excluding hydrogens is 226 g/mol. The van der Waals surface area contributed by atoms with Crippen LogP contribution in [0, 0.1) is 0 Å². The fourth-order valence-corrected chi connectivity index (χ4v) is 1.24. The van der Waals surface area contributed by atoms with Crippen LogP contribution in [0.25, 0.3) is 0 Å². The molecule has 2 heterocycles. The third-order valence-corrected chi connectivity index (χ3v) is 1.97. The van der Waals surface area contributed by atoms with Crippen LogP contribution >= 0.6 is 0 Å². The molecule has 0 spiro atoms. The van der Waals surface area contributed by atoms with Gasteiger partial charge in [-0.15, -0.1) is 0 Å². The van der Waals surface area contributed by atoms with Crippen molar-refractivity contribution in [3.8, 4) is 0 Å². The number of rotatable bonds is 3. The van der Waals surface area contributed by atoms with Gasteiger partial charge in [0, 0.05) is 18.2 Å². The highest BCUT2D eigenvalue weighted by Crippen LogP contribution is 1.97. The zero-order valence-corrected chi connectivity index (χ0v) is 8.64. The maximum absolute atomic E-state index is 11.5. The van der Waals surface area contributed by atoms with Crippen molar-refractivity contribution in [1.29, 1.82) is 0 Å². The molecule has 0 bridgehead atoms. The van der Waals surface area contributed by atoms with Crippen molar-refractivity contribution in [1.82, 2.24) is 20.0 Å². The maximum Gasteiger partial charge on any atom is 0.265 e. The van der Waals surface area contributed by atoms with Crippen LogP contribution in [-0.2, 0) is 11.3 Å². The van der Waals surface area contributed by atoms with Gasteiger partial charge in [-0.25, -0.2) is 4.68 Å². The van der Waals surface area contributed by atoms with E-state index in [4.69, 9.17) is 0 Å². The summed E-state index contributed by atoms with van der Waals surface area (Å²) in [7, 11) is 0. The monoisotopic (exact) mass is 235 g/mol. The Hall–Kier alpha value is -2.64. The molecule has 0 aromatic carbocycles. The molecular formula is C9H9N5O3. The molecule has 0 aliphatic rings. The Bertz CT molecular complexity index is 625. The molecule has 0 saturated carbocycles. The minimum Gasteiger partial charge on any atom is -0.309 e. The Kier molecular flexibility index (Phi) is 2.86. The smallest absolute Gasteiger partial charge is 0.265 e. The molecule has 0 unspecified atom stereocenters. The number of aromatic nitrogens is 4. The number of H-pyrrole nitrogens is 2. The first-order valence-corrected chi connectivity index (χ1v) is 4.74. The van der Waals surface area contributed by atoms with Crippen LogP contribution in [0.5, 0.6) is 0 Å². The molecule has 2 aromatic heterocycles. The van der Waals surface area contributed by atoms with Gasteiger partial charge in [-0.3, -0.25) is 24.6 Å². The standard InChI is InChI=1S/C9H9N5O3/c15-7-1-2-9(17)14(13-7)5-8(16)11-6-3-4-10-12-6/h1-4H,5H2,(H,13,15)(H2,10,11,12,16). The van der Waals surface area contributed by atoms with Crippen molar-refractivity contribution in [2.24, 2.45) is 0 Å². The summed E-state index contributed by atoms with van der Waals surface area (Å²) in [6.45, 7) is -0.270. The van der Waals surface area contributed by atoms with Gasteiger partial charge in [0.15, 0.2) is 0 Å². The lowest BCUT2D eigenvalue weighted by molar-refractivity contribution is -0.117. The highest BCUT2D eigenvalue weighted by molar-refractivity contribution is 5.89. The van der Waals surface area contributed by atoms with E-state index in [1.54, 1.807) is 6.07 Å². The molecule has 0 atom stereocenters. The molecule has 8 nitrogen and oxygen atoms in total. The van der Waals surface area contributed by atoms with Gasteiger partial charge in [-0.2, -0.15) is 5.10 Å². The molecule has 17 heavy (non-hydrogen) atoms.